The number of aromatic carboxylic acids is 1. The van der Waals surface area contributed by atoms with Crippen LogP contribution in [0.3, 0.4) is 0 Å². The van der Waals surface area contributed by atoms with Gasteiger partial charge < -0.3 is 9.84 Å². The van der Waals surface area contributed by atoms with Crippen LogP contribution in [0.25, 0.3) is 16.8 Å². The molecule has 0 aliphatic heterocycles. The number of carbonyl (C=O) groups is 1. The fourth-order valence-corrected chi connectivity index (χ4v) is 2.39. The van der Waals surface area contributed by atoms with E-state index in [1.165, 1.54) is 0 Å². The summed E-state index contributed by atoms with van der Waals surface area (Å²) in [5, 5.41) is 13.3. The lowest BCUT2D eigenvalue weighted by Gasteiger charge is -2.10. The van der Waals surface area contributed by atoms with E-state index in [4.69, 9.17) is 9.84 Å². The Bertz CT molecular complexity index is 851. The van der Waals surface area contributed by atoms with Crippen molar-refractivity contribution < 1.29 is 14.6 Å². The molecule has 0 saturated carbocycles. The summed E-state index contributed by atoms with van der Waals surface area (Å²) in [5.74, 6) is -0.135. The number of benzene rings is 2. The van der Waals surface area contributed by atoms with Crippen molar-refractivity contribution in [3.05, 3.63) is 66.5 Å². The third kappa shape index (κ3) is 3.46. The average molecular weight is 322 g/mol. The van der Waals surface area contributed by atoms with E-state index in [1.807, 2.05) is 44.3 Å². The Labute approximate surface area is 140 Å². The number of rotatable bonds is 5. The Balaban J connectivity index is 1.86. The van der Waals surface area contributed by atoms with Crippen molar-refractivity contribution in [2.24, 2.45) is 0 Å². The average Bonchev–Trinajstić information content (AvgIpc) is 3.04. The summed E-state index contributed by atoms with van der Waals surface area (Å²) in [6, 6.07) is 14.5. The van der Waals surface area contributed by atoms with Crippen LogP contribution in [-0.2, 0) is 0 Å². The number of carboxylic acid groups (broad SMARTS) is 1. The van der Waals surface area contributed by atoms with Gasteiger partial charge in [-0.2, -0.15) is 5.10 Å². The highest BCUT2D eigenvalue weighted by molar-refractivity contribution is 5.88. The van der Waals surface area contributed by atoms with Crippen molar-refractivity contribution in [2.75, 3.05) is 0 Å². The number of hydrogen-bond acceptors (Lipinski definition) is 3. The van der Waals surface area contributed by atoms with Gasteiger partial charge in [-0.05, 0) is 43.7 Å². The van der Waals surface area contributed by atoms with E-state index in [1.54, 1.807) is 35.1 Å². The molecule has 0 aliphatic rings. The van der Waals surface area contributed by atoms with Crippen molar-refractivity contribution in [2.45, 2.75) is 20.0 Å². The molecule has 0 aliphatic carbocycles. The van der Waals surface area contributed by atoms with Gasteiger partial charge in [-0.3, -0.25) is 0 Å². The summed E-state index contributed by atoms with van der Waals surface area (Å²) in [4.78, 5) is 10.9. The largest absolute Gasteiger partial charge is 0.491 e. The van der Waals surface area contributed by atoms with E-state index in [-0.39, 0.29) is 11.7 Å². The van der Waals surface area contributed by atoms with E-state index < -0.39 is 5.97 Å². The molecule has 0 unspecified atom stereocenters. The molecule has 0 fully saturated rings. The number of hydrogen-bond donors (Lipinski definition) is 1. The van der Waals surface area contributed by atoms with Crippen LogP contribution in [-0.4, -0.2) is 27.0 Å². The van der Waals surface area contributed by atoms with Crippen molar-refractivity contribution in [3.8, 4) is 22.6 Å². The molecule has 5 heteroatoms. The number of ether oxygens (including phenoxy) is 1. The van der Waals surface area contributed by atoms with Gasteiger partial charge in [0.1, 0.15) is 5.75 Å². The zero-order valence-electron chi connectivity index (χ0n) is 13.5. The first kappa shape index (κ1) is 15.8. The topological polar surface area (TPSA) is 64.3 Å². The maximum absolute atomic E-state index is 10.9. The van der Waals surface area contributed by atoms with Crippen LogP contribution < -0.4 is 4.74 Å². The lowest BCUT2D eigenvalue weighted by atomic mass is 10.1. The normalized spacial score (nSPS) is 10.8. The van der Waals surface area contributed by atoms with Crippen LogP contribution >= 0.6 is 0 Å². The molecule has 1 heterocycles. The predicted molar refractivity (Wildman–Crippen MR) is 91.7 cm³/mol. The standard InChI is InChI=1S/C19H18N2O3/c1-13(2)24-18-5-3-4-17(10-18)21-12-16(11-20-21)14-6-8-15(9-7-14)19(22)23/h3-13H,1-2H3,(H,22,23). The fraction of sp³-hybridized carbons (Fsp3) is 0.158. The van der Waals surface area contributed by atoms with E-state index in [2.05, 4.69) is 5.10 Å². The molecule has 0 atom stereocenters. The summed E-state index contributed by atoms with van der Waals surface area (Å²) in [5.41, 5.74) is 3.01. The lowest BCUT2D eigenvalue weighted by molar-refractivity contribution is 0.0697. The van der Waals surface area contributed by atoms with Gasteiger partial charge in [0, 0.05) is 17.8 Å². The molecule has 3 aromatic rings. The SMILES string of the molecule is CC(C)Oc1cccc(-n2cc(-c3ccc(C(=O)O)cc3)cn2)c1. The molecule has 24 heavy (non-hydrogen) atoms. The monoisotopic (exact) mass is 322 g/mol. The molecule has 2 aromatic carbocycles. The van der Waals surface area contributed by atoms with Crippen molar-refractivity contribution in [1.82, 2.24) is 9.78 Å². The minimum absolute atomic E-state index is 0.112. The van der Waals surface area contributed by atoms with Crippen molar-refractivity contribution in [3.63, 3.8) is 0 Å². The van der Waals surface area contributed by atoms with Crippen LogP contribution in [0, 0.1) is 0 Å². The van der Waals surface area contributed by atoms with Gasteiger partial charge >= 0.3 is 5.97 Å². The van der Waals surface area contributed by atoms with E-state index in [0.29, 0.717) is 0 Å². The Kier molecular flexibility index (Phi) is 4.33. The molecule has 0 bridgehead atoms. The Morgan fingerprint density at radius 1 is 1.12 bits per heavy atom. The number of nitrogens with zero attached hydrogens (tertiary/aromatic N) is 2. The van der Waals surface area contributed by atoms with Gasteiger partial charge in [0.05, 0.1) is 23.6 Å². The molecule has 0 amide bonds. The Morgan fingerprint density at radius 3 is 2.54 bits per heavy atom. The van der Waals surface area contributed by atoms with Crippen molar-refractivity contribution >= 4 is 5.97 Å². The first-order chi connectivity index (χ1) is 11.5. The second-order valence-corrected chi connectivity index (χ2v) is 5.72. The highest BCUT2D eigenvalue weighted by Gasteiger charge is 2.07. The zero-order chi connectivity index (χ0) is 17.1. The summed E-state index contributed by atoms with van der Waals surface area (Å²) in [6.45, 7) is 3.97. The molecule has 5 nitrogen and oxygen atoms in total. The number of aromatic nitrogens is 2. The van der Waals surface area contributed by atoms with Gasteiger partial charge in [0.25, 0.3) is 0 Å². The molecular weight excluding hydrogens is 304 g/mol. The van der Waals surface area contributed by atoms with Crippen molar-refractivity contribution in [1.29, 1.82) is 0 Å². The maximum atomic E-state index is 10.9. The highest BCUT2D eigenvalue weighted by Crippen LogP contribution is 2.22. The minimum Gasteiger partial charge on any atom is -0.491 e. The fourth-order valence-electron chi connectivity index (χ4n) is 2.39. The molecule has 0 saturated heterocycles. The summed E-state index contributed by atoms with van der Waals surface area (Å²) < 4.78 is 7.48. The lowest BCUT2D eigenvalue weighted by Crippen LogP contribution is -2.06. The first-order valence-electron chi connectivity index (χ1n) is 7.68. The molecule has 0 radical (unpaired) electrons. The maximum Gasteiger partial charge on any atom is 0.335 e. The third-order valence-corrected chi connectivity index (χ3v) is 3.50. The van der Waals surface area contributed by atoms with Gasteiger partial charge in [-0.15, -0.1) is 0 Å². The summed E-state index contributed by atoms with van der Waals surface area (Å²) in [6.07, 6.45) is 3.77. The Morgan fingerprint density at radius 2 is 1.88 bits per heavy atom. The third-order valence-electron chi connectivity index (χ3n) is 3.50. The van der Waals surface area contributed by atoms with Gasteiger partial charge in [-0.25, -0.2) is 9.48 Å². The molecular formula is C19H18N2O3. The number of carboxylic acids is 1. The quantitative estimate of drug-likeness (QED) is 0.770. The highest BCUT2D eigenvalue weighted by atomic mass is 16.5. The molecule has 0 spiro atoms. The zero-order valence-corrected chi connectivity index (χ0v) is 13.5. The van der Waals surface area contributed by atoms with Crippen LogP contribution in [0.2, 0.25) is 0 Å². The van der Waals surface area contributed by atoms with Gasteiger partial charge in [0.15, 0.2) is 0 Å². The van der Waals surface area contributed by atoms with Crippen LogP contribution in [0.1, 0.15) is 24.2 Å². The predicted octanol–water partition coefficient (Wildman–Crippen LogP) is 4.02. The van der Waals surface area contributed by atoms with Crippen LogP contribution in [0.15, 0.2) is 60.9 Å². The molecule has 3 rings (SSSR count). The van der Waals surface area contributed by atoms with Gasteiger partial charge in [-0.1, -0.05) is 18.2 Å². The second-order valence-electron chi connectivity index (χ2n) is 5.72. The summed E-state index contributed by atoms with van der Waals surface area (Å²) in [7, 11) is 0. The molecule has 122 valence electrons. The second kappa shape index (κ2) is 6.58. The molecule has 1 aromatic heterocycles. The Hall–Kier alpha value is -3.08. The van der Waals surface area contributed by atoms with E-state index in [0.717, 1.165) is 22.6 Å². The van der Waals surface area contributed by atoms with Crippen LogP contribution in [0.4, 0.5) is 0 Å². The molecule has 1 N–H and O–H groups in total. The first-order valence-corrected chi connectivity index (χ1v) is 7.68. The smallest absolute Gasteiger partial charge is 0.335 e. The van der Waals surface area contributed by atoms with E-state index in [9.17, 15) is 4.79 Å². The minimum atomic E-state index is -0.931. The van der Waals surface area contributed by atoms with Crippen LogP contribution in [0.5, 0.6) is 5.75 Å². The van der Waals surface area contributed by atoms with E-state index >= 15 is 0 Å². The van der Waals surface area contributed by atoms with Gasteiger partial charge in [0.2, 0.25) is 0 Å². The summed E-state index contributed by atoms with van der Waals surface area (Å²) >= 11 is 0.